The summed E-state index contributed by atoms with van der Waals surface area (Å²) in [6.45, 7) is 0. The Morgan fingerprint density at radius 2 is 1.97 bits per heavy atom. The van der Waals surface area contributed by atoms with Crippen molar-refractivity contribution in [2.24, 2.45) is 5.10 Å². The van der Waals surface area contributed by atoms with Gasteiger partial charge in [-0.3, -0.25) is 14.9 Å². The molecule has 160 valence electrons. The van der Waals surface area contributed by atoms with Crippen molar-refractivity contribution in [2.45, 2.75) is 0 Å². The van der Waals surface area contributed by atoms with Crippen molar-refractivity contribution in [3.05, 3.63) is 74.4 Å². The molecule has 4 aromatic rings. The number of nitro benzene ring substituents is 1. The van der Waals surface area contributed by atoms with Crippen LogP contribution in [0.15, 0.2) is 62.7 Å². The number of anilines is 1. The summed E-state index contributed by atoms with van der Waals surface area (Å²) in [5.74, 6) is -0.762. The average molecular weight is 498 g/mol. The molecule has 2 aromatic carbocycles. The lowest BCUT2D eigenvalue weighted by Crippen LogP contribution is -2.19. The van der Waals surface area contributed by atoms with E-state index in [1.807, 2.05) is 18.2 Å². The number of hydrazone groups is 1. The number of amides is 1. The molecule has 32 heavy (non-hydrogen) atoms. The second kappa shape index (κ2) is 8.73. The minimum atomic E-state index is -0.678. The number of nitro groups is 1. The first-order valence-electron chi connectivity index (χ1n) is 8.82. The number of benzene rings is 2. The van der Waals surface area contributed by atoms with Gasteiger partial charge in [0.1, 0.15) is 5.69 Å². The zero-order chi connectivity index (χ0) is 22.7. The van der Waals surface area contributed by atoms with Crippen molar-refractivity contribution < 1.29 is 14.3 Å². The molecule has 0 saturated carbocycles. The van der Waals surface area contributed by atoms with Crippen LogP contribution in [0.1, 0.15) is 16.1 Å². The van der Waals surface area contributed by atoms with Crippen LogP contribution in [-0.2, 0) is 0 Å². The normalized spacial score (nSPS) is 11.0. The molecule has 1 amide bonds. The minimum Gasteiger partial charge on any atom is -0.378 e. The highest BCUT2D eigenvalue weighted by atomic mass is 79.9. The van der Waals surface area contributed by atoms with Crippen LogP contribution in [0.5, 0.6) is 0 Å². The number of non-ortho nitro benzene ring substituents is 1. The van der Waals surface area contributed by atoms with Gasteiger partial charge in [-0.15, -0.1) is 5.10 Å². The molecule has 0 aliphatic carbocycles. The van der Waals surface area contributed by atoms with Gasteiger partial charge in [-0.05, 0) is 28.5 Å². The summed E-state index contributed by atoms with van der Waals surface area (Å²) in [5.41, 5.74) is 9.19. The summed E-state index contributed by atoms with van der Waals surface area (Å²) in [6, 6.07) is 12.8. The number of hydrogen-bond donors (Lipinski definition) is 2. The van der Waals surface area contributed by atoms with E-state index < -0.39 is 10.8 Å². The Balaban J connectivity index is 1.71. The van der Waals surface area contributed by atoms with Crippen LogP contribution >= 0.6 is 15.9 Å². The SMILES string of the molecule is Nc1nonc1-n1nnc(C(=O)N/N=C\c2ccccc2Br)c1-c1ccc([N+](=O)[O-])cc1. The molecule has 0 unspecified atom stereocenters. The highest BCUT2D eigenvalue weighted by molar-refractivity contribution is 9.10. The van der Waals surface area contributed by atoms with Crippen LogP contribution in [0, 0.1) is 10.1 Å². The van der Waals surface area contributed by atoms with E-state index in [-0.39, 0.29) is 28.7 Å². The Morgan fingerprint density at radius 1 is 1.22 bits per heavy atom. The largest absolute Gasteiger partial charge is 0.378 e. The van der Waals surface area contributed by atoms with E-state index in [1.165, 1.54) is 30.5 Å². The molecule has 0 bridgehead atoms. The number of nitrogens with one attached hydrogen (secondary N) is 1. The van der Waals surface area contributed by atoms with Gasteiger partial charge >= 0.3 is 0 Å². The molecule has 2 aromatic heterocycles. The van der Waals surface area contributed by atoms with Crippen molar-refractivity contribution >= 4 is 39.6 Å². The number of rotatable bonds is 6. The zero-order valence-electron chi connectivity index (χ0n) is 15.9. The summed E-state index contributed by atoms with van der Waals surface area (Å²) in [6.07, 6.45) is 1.46. The molecule has 14 heteroatoms. The molecule has 4 rings (SSSR count). The number of carbonyl (C=O) groups is 1. The van der Waals surface area contributed by atoms with Crippen molar-refractivity contribution in [3.63, 3.8) is 0 Å². The molecular weight excluding hydrogens is 486 g/mol. The quantitative estimate of drug-likeness (QED) is 0.229. The molecule has 3 N–H and O–H groups in total. The van der Waals surface area contributed by atoms with Gasteiger partial charge in [-0.2, -0.15) is 9.78 Å². The molecule has 0 radical (unpaired) electrons. The molecule has 0 atom stereocenters. The maximum Gasteiger partial charge on any atom is 0.294 e. The lowest BCUT2D eigenvalue weighted by molar-refractivity contribution is -0.384. The molecule has 0 fully saturated rings. The van der Waals surface area contributed by atoms with Crippen LogP contribution < -0.4 is 11.2 Å². The van der Waals surface area contributed by atoms with Crippen LogP contribution in [0.25, 0.3) is 17.1 Å². The molecule has 0 spiro atoms. The fourth-order valence-electron chi connectivity index (χ4n) is 2.71. The summed E-state index contributed by atoms with van der Waals surface area (Å²) in [4.78, 5) is 23.2. The summed E-state index contributed by atoms with van der Waals surface area (Å²) in [5, 5.41) is 29.9. The average Bonchev–Trinajstić information content (AvgIpc) is 3.41. The van der Waals surface area contributed by atoms with Gasteiger partial charge in [0.15, 0.2) is 5.69 Å². The first kappa shape index (κ1) is 20.8. The summed E-state index contributed by atoms with van der Waals surface area (Å²) >= 11 is 3.39. The van der Waals surface area contributed by atoms with Gasteiger partial charge in [-0.1, -0.05) is 39.3 Å². The van der Waals surface area contributed by atoms with Gasteiger partial charge in [0, 0.05) is 27.7 Å². The number of nitrogen functional groups attached to an aromatic ring is 1. The topological polar surface area (TPSA) is 180 Å². The van der Waals surface area contributed by atoms with Gasteiger partial charge in [0.25, 0.3) is 11.6 Å². The van der Waals surface area contributed by atoms with Crippen molar-refractivity contribution in [3.8, 4) is 17.1 Å². The van der Waals surface area contributed by atoms with E-state index in [2.05, 4.69) is 51.7 Å². The van der Waals surface area contributed by atoms with E-state index in [9.17, 15) is 14.9 Å². The number of carbonyl (C=O) groups excluding carboxylic acids is 1. The lowest BCUT2D eigenvalue weighted by Gasteiger charge is -2.05. The third-order valence-corrected chi connectivity index (χ3v) is 4.93. The van der Waals surface area contributed by atoms with Crippen LogP contribution in [0.2, 0.25) is 0 Å². The summed E-state index contributed by atoms with van der Waals surface area (Å²) in [7, 11) is 0. The summed E-state index contributed by atoms with van der Waals surface area (Å²) < 4.78 is 6.55. The smallest absolute Gasteiger partial charge is 0.294 e. The molecular formula is C18H12BrN9O4. The maximum absolute atomic E-state index is 12.8. The van der Waals surface area contributed by atoms with E-state index in [0.29, 0.717) is 5.56 Å². The Labute approximate surface area is 187 Å². The molecule has 0 aliphatic rings. The monoisotopic (exact) mass is 497 g/mol. The third kappa shape index (κ3) is 4.06. The van der Waals surface area contributed by atoms with Crippen molar-refractivity contribution in [1.82, 2.24) is 30.7 Å². The number of halogens is 1. The zero-order valence-corrected chi connectivity index (χ0v) is 17.5. The highest BCUT2D eigenvalue weighted by Crippen LogP contribution is 2.28. The predicted molar refractivity (Wildman–Crippen MR) is 115 cm³/mol. The van der Waals surface area contributed by atoms with E-state index >= 15 is 0 Å². The molecule has 13 nitrogen and oxygen atoms in total. The van der Waals surface area contributed by atoms with E-state index in [4.69, 9.17) is 5.73 Å². The molecule has 2 heterocycles. The van der Waals surface area contributed by atoms with E-state index in [1.54, 1.807) is 6.07 Å². The Kier molecular flexibility index (Phi) is 5.67. The number of aromatic nitrogens is 5. The van der Waals surface area contributed by atoms with Crippen LogP contribution in [0.3, 0.4) is 0 Å². The fourth-order valence-corrected chi connectivity index (χ4v) is 3.10. The highest BCUT2D eigenvalue weighted by Gasteiger charge is 2.25. The van der Waals surface area contributed by atoms with Crippen molar-refractivity contribution in [2.75, 3.05) is 5.73 Å². The first-order valence-corrected chi connectivity index (χ1v) is 9.62. The lowest BCUT2D eigenvalue weighted by atomic mass is 10.1. The standard InChI is InChI=1S/C18H12BrN9O4/c19-13-4-2-1-3-11(13)9-21-23-18(29)14-15(10-5-7-12(8-6-10)28(30)31)27(26-22-14)17-16(20)24-32-25-17/h1-9H,(H2,20,24)(H,23,29)/b21-9-. The van der Waals surface area contributed by atoms with Crippen molar-refractivity contribution in [1.29, 1.82) is 0 Å². The minimum absolute atomic E-state index is 0.00150. The molecule has 0 aliphatic heterocycles. The second-order valence-corrected chi connectivity index (χ2v) is 7.05. The second-order valence-electron chi connectivity index (χ2n) is 6.20. The van der Waals surface area contributed by atoms with Gasteiger partial charge in [-0.25, -0.2) is 10.1 Å². The Hall–Kier alpha value is -4.46. The maximum atomic E-state index is 12.8. The predicted octanol–water partition coefficient (Wildman–Crippen LogP) is 2.33. The number of nitrogens with two attached hydrogens (primary N) is 1. The van der Waals surface area contributed by atoms with Gasteiger partial charge in [0.05, 0.1) is 11.1 Å². The Bertz CT molecular complexity index is 1330. The third-order valence-electron chi connectivity index (χ3n) is 4.21. The van der Waals surface area contributed by atoms with Crippen LogP contribution in [0.4, 0.5) is 11.5 Å². The number of nitrogens with zero attached hydrogens (tertiary/aromatic N) is 7. The first-order chi connectivity index (χ1) is 15.5. The Morgan fingerprint density at radius 3 is 2.62 bits per heavy atom. The van der Waals surface area contributed by atoms with Crippen LogP contribution in [-0.4, -0.2) is 42.4 Å². The van der Waals surface area contributed by atoms with Gasteiger partial charge < -0.3 is 5.73 Å². The van der Waals surface area contributed by atoms with E-state index in [0.717, 1.165) is 14.7 Å². The fraction of sp³-hybridized carbons (Fsp3) is 0. The van der Waals surface area contributed by atoms with Gasteiger partial charge in [0.2, 0.25) is 11.6 Å². The number of hydrogen-bond acceptors (Lipinski definition) is 10. The molecule has 0 saturated heterocycles.